The molecule has 1 fully saturated rings. The molecular formula is C16H21N7S. The second-order valence-electron chi connectivity index (χ2n) is 6.68. The van der Waals surface area contributed by atoms with E-state index in [1.807, 2.05) is 15.9 Å². The predicted octanol–water partition coefficient (Wildman–Crippen LogP) is 2.10. The molecule has 0 aromatic carbocycles. The molecule has 7 nitrogen and oxygen atoms in total. The van der Waals surface area contributed by atoms with Crippen molar-refractivity contribution < 1.29 is 0 Å². The standard InChI is InChI=1S/C16H21N7S/c1-2-21-9-6-11-12(10-21)24-15-13(11)14(22-7-4-3-5-8-22)17-16-18-19-20-23(15)16/h2-10H2,1H3. The Hall–Kier alpha value is -1.80. The number of rotatable bonds is 2. The van der Waals surface area contributed by atoms with Gasteiger partial charge in [0, 0.05) is 31.1 Å². The lowest BCUT2D eigenvalue weighted by atomic mass is 10.0. The summed E-state index contributed by atoms with van der Waals surface area (Å²) in [6.45, 7) is 7.68. The van der Waals surface area contributed by atoms with Gasteiger partial charge in [-0.2, -0.15) is 9.50 Å². The topological polar surface area (TPSA) is 62.5 Å². The molecule has 5 heterocycles. The summed E-state index contributed by atoms with van der Waals surface area (Å²) in [5.74, 6) is 1.73. The highest BCUT2D eigenvalue weighted by molar-refractivity contribution is 7.19. The summed E-state index contributed by atoms with van der Waals surface area (Å²) in [5.41, 5.74) is 1.48. The van der Waals surface area contributed by atoms with E-state index in [-0.39, 0.29) is 0 Å². The molecule has 2 aliphatic heterocycles. The Morgan fingerprint density at radius 1 is 1.12 bits per heavy atom. The van der Waals surface area contributed by atoms with E-state index in [1.54, 1.807) is 0 Å². The van der Waals surface area contributed by atoms with Crippen LogP contribution in [0.2, 0.25) is 0 Å². The van der Waals surface area contributed by atoms with Crippen LogP contribution in [-0.2, 0) is 13.0 Å². The Balaban J connectivity index is 1.75. The second kappa shape index (κ2) is 5.63. The fourth-order valence-corrected chi connectivity index (χ4v) is 5.29. The largest absolute Gasteiger partial charge is 0.356 e. The van der Waals surface area contributed by atoms with E-state index in [2.05, 4.69) is 32.2 Å². The van der Waals surface area contributed by atoms with E-state index in [0.717, 1.165) is 49.8 Å². The highest BCUT2D eigenvalue weighted by atomic mass is 32.1. The number of hydrogen-bond donors (Lipinski definition) is 0. The highest BCUT2D eigenvalue weighted by Crippen LogP contribution is 2.40. The van der Waals surface area contributed by atoms with Gasteiger partial charge in [0.05, 0.1) is 5.39 Å². The second-order valence-corrected chi connectivity index (χ2v) is 7.76. The lowest BCUT2D eigenvalue weighted by molar-refractivity contribution is 0.272. The number of thiophene rings is 1. The molecule has 8 heteroatoms. The van der Waals surface area contributed by atoms with Crippen LogP contribution in [0.4, 0.5) is 5.82 Å². The summed E-state index contributed by atoms with van der Waals surface area (Å²) in [6, 6.07) is 0. The summed E-state index contributed by atoms with van der Waals surface area (Å²) in [6.07, 6.45) is 4.91. The summed E-state index contributed by atoms with van der Waals surface area (Å²) in [7, 11) is 0. The fourth-order valence-electron chi connectivity index (χ4n) is 3.96. The van der Waals surface area contributed by atoms with Crippen LogP contribution in [0.15, 0.2) is 0 Å². The first-order chi connectivity index (χ1) is 11.8. The number of fused-ring (bicyclic) bond motifs is 5. The first-order valence-electron chi connectivity index (χ1n) is 8.85. The summed E-state index contributed by atoms with van der Waals surface area (Å²) in [5, 5.41) is 13.5. The smallest absolute Gasteiger partial charge is 0.276 e. The Morgan fingerprint density at radius 2 is 2.00 bits per heavy atom. The number of anilines is 1. The molecule has 0 radical (unpaired) electrons. The molecule has 0 atom stereocenters. The van der Waals surface area contributed by atoms with Gasteiger partial charge >= 0.3 is 0 Å². The van der Waals surface area contributed by atoms with Gasteiger partial charge in [-0.05, 0) is 48.2 Å². The molecule has 0 bridgehead atoms. The number of nitrogens with zero attached hydrogens (tertiary/aromatic N) is 7. The first-order valence-corrected chi connectivity index (χ1v) is 9.66. The Morgan fingerprint density at radius 3 is 2.83 bits per heavy atom. The third-order valence-electron chi connectivity index (χ3n) is 5.30. The Kier molecular flexibility index (Phi) is 3.41. The fraction of sp³-hybridized carbons (Fsp3) is 0.625. The Labute approximate surface area is 144 Å². The van der Waals surface area contributed by atoms with E-state index >= 15 is 0 Å². The maximum absolute atomic E-state index is 4.85. The van der Waals surface area contributed by atoms with Crippen molar-refractivity contribution in [2.45, 2.75) is 39.2 Å². The van der Waals surface area contributed by atoms with Crippen molar-refractivity contribution in [2.75, 3.05) is 31.1 Å². The average molecular weight is 343 g/mol. The third-order valence-corrected chi connectivity index (χ3v) is 6.49. The quantitative estimate of drug-likeness (QED) is 0.710. The molecule has 24 heavy (non-hydrogen) atoms. The minimum Gasteiger partial charge on any atom is -0.356 e. The number of aromatic nitrogens is 5. The molecule has 126 valence electrons. The molecule has 0 aliphatic carbocycles. The predicted molar refractivity (Wildman–Crippen MR) is 94.7 cm³/mol. The minimum absolute atomic E-state index is 0.619. The lowest BCUT2D eigenvalue weighted by Crippen LogP contribution is -2.31. The Bertz CT molecular complexity index is 893. The summed E-state index contributed by atoms with van der Waals surface area (Å²) in [4.78, 5) is 12.4. The molecule has 0 unspecified atom stereocenters. The number of hydrogen-bond acceptors (Lipinski definition) is 7. The summed E-state index contributed by atoms with van der Waals surface area (Å²) < 4.78 is 1.82. The van der Waals surface area contributed by atoms with Crippen LogP contribution in [0.1, 0.15) is 36.6 Å². The van der Waals surface area contributed by atoms with Crippen molar-refractivity contribution in [1.29, 1.82) is 0 Å². The van der Waals surface area contributed by atoms with E-state index in [0.29, 0.717) is 5.78 Å². The van der Waals surface area contributed by atoms with Crippen molar-refractivity contribution >= 4 is 33.1 Å². The van der Waals surface area contributed by atoms with Gasteiger partial charge in [0.25, 0.3) is 5.78 Å². The van der Waals surface area contributed by atoms with Gasteiger partial charge in [0.1, 0.15) is 10.6 Å². The van der Waals surface area contributed by atoms with Gasteiger partial charge in [-0.25, -0.2) is 0 Å². The van der Waals surface area contributed by atoms with E-state index in [9.17, 15) is 0 Å². The molecule has 2 aliphatic rings. The van der Waals surface area contributed by atoms with Gasteiger partial charge in [-0.3, -0.25) is 4.90 Å². The van der Waals surface area contributed by atoms with E-state index in [4.69, 9.17) is 4.98 Å². The molecular weight excluding hydrogens is 322 g/mol. The first kappa shape index (κ1) is 14.5. The summed E-state index contributed by atoms with van der Waals surface area (Å²) >= 11 is 1.84. The van der Waals surface area contributed by atoms with Gasteiger partial charge in [-0.1, -0.05) is 12.0 Å². The zero-order valence-electron chi connectivity index (χ0n) is 13.9. The molecule has 0 N–H and O–H groups in total. The monoisotopic (exact) mass is 343 g/mol. The lowest BCUT2D eigenvalue weighted by Gasteiger charge is -2.29. The number of tetrazole rings is 1. The van der Waals surface area contributed by atoms with Crippen LogP contribution in [0, 0.1) is 0 Å². The molecule has 0 saturated carbocycles. The molecule has 3 aromatic heterocycles. The van der Waals surface area contributed by atoms with Crippen LogP contribution < -0.4 is 4.90 Å². The molecule has 0 spiro atoms. The van der Waals surface area contributed by atoms with E-state index < -0.39 is 0 Å². The van der Waals surface area contributed by atoms with Crippen molar-refractivity contribution in [3.63, 3.8) is 0 Å². The zero-order chi connectivity index (χ0) is 16.1. The SMILES string of the molecule is CCN1CCc2c(sc3c2c(N2CCCCC2)nc2nnnn23)C1. The van der Waals surface area contributed by atoms with Crippen LogP contribution in [-0.4, -0.2) is 56.1 Å². The number of piperidine rings is 1. The molecule has 3 aromatic rings. The van der Waals surface area contributed by atoms with Crippen molar-refractivity contribution in [2.24, 2.45) is 0 Å². The minimum atomic E-state index is 0.619. The van der Waals surface area contributed by atoms with Gasteiger partial charge in [0.15, 0.2) is 0 Å². The highest BCUT2D eigenvalue weighted by Gasteiger charge is 2.27. The number of likely N-dealkylation sites (N-methyl/N-ethyl adjacent to an activating group) is 1. The van der Waals surface area contributed by atoms with Crippen molar-refractivity contribution in [1.82, 2.24) is 29.9 Å². The molecule has 5 rings (SSSR count). The molecule has 0 amide bonds. The van der Waals surface area contributed by atoms with Crippen LogP contribution >= 0.6 is 11.3 Å². The van der Waals surface area contributed by atoms with Crippen LogP contribution in [0.5, 0.6) is 0 Å². The third kappa shape index (κ3) is 2.12. The van der Waals surface area contributed by atoms with Crippen LogP contribution in [0.25, 0.3) is 16.0 Å². The van der Waals surface area contributed by atoms with E-state index in [1.165, 1.54) is 35.1 Å². The van der Waals surface area contributed by atoms with Crippen molar-refractivity contribution in [3.05, 3.63) is 10.4 Å². The maximum atomic E-state index is 4.85. The zero-order valence-corrected chi connectivity index (χ0v) is 14.7. The maximum Gasteiger partial charge on any atom is 0.276 e. The van der Waals surface area contributed by atoms with Gasteiger partial charge in [-0.15, -0.1) is 11.3 Å². The van der Waals surface area contributed by atoms with Crippen LogP contribution in [0.3, 0.4) is 0 Å². The van der Waals surface area contributed by atoms with Gasteiger partial charge in [0.2, 0.25) is 0 Å². The van der Waals surface area contributed by atoms with Gasteiger partial charge < -0.3 is 4.90 Å². The van der Waals surface area contributed by atoms with Crippen molar-refractivity contribution in [3.8, 4) is 0 Å². The average Bonchev–Trinajstić information content (AvgIpc) is 3.25. The normalized spacial score (nSPS) is 19.3. The molecule has 1 saturated heterocycles.